The van der Waals surface area contributed by atoms with E-state index >= 15 is 0 Å². The van der Waals surface area contributed by atoms with Gasteiger partial charge in [-0.25, -0.2) is 0 Å². The van der Waals surface area contributed by atoms with Gasteiger partial charge in [0, 0.05) is 16.8 Å². The van der Waals surface area contributed by atoms with Gasteiger partial charge in [-0.15, -0.1) is 0 Å². The number of hydrogen-bond acceptors (Lipinski definition) is 2. The molecule has 1 nitrogen and oxygen atoms in total. The summed E-state index contributed by atoms with van der Waals surface area (Å²) in [7, 11) is 0. The lowest BCUT2D eigenvalue weighted by Crippen LogP contribution is -2.16. The first kappa shape index (κ1) is 10.7. The van der Waals surface area contributed by atoms with E-state index in [4.69, 9.17) is 0 Å². The number of benzene rings is 2. The van der Waals surface area contributed by atoms with Crippen molar-refractivity contribution in [2.24, 2.45) is 0 Å². The molecule has 0 radical (unpaired) electrons. The monoisotopic (exact) mass is 241 g/mol. The Balaban J connectivity index is 2.31. The average Bonchev–Trinajstić information content (AvgIpc) is 2.76. The number of fused-ring (bicyclic) bond motifs is 3. The fraction of sp³-hybridized carbons (Fsp3) is 0.200. The summed E-state index contributed by atoms with van der Waals surface area (Å²) in [4.78, 5) is 3.78. The van der Waals surface area contributed by atoms with Crippen molar-refractivity contribution in [3.05, 3.63) is 47.5 Å². The molecule has 2 aromatic carbocycles. The Morgan fingerprint density at radius 3 is 2.76 bits per heavy atom. The molecule has 2 aromatic rings. The van der Waals surface area contributed by atoms with E-state index < -0.39 is 0 Å². The average molecular weight is 241 g/mol. The summed E-state index contributed by atoms with van der Waals surface area (Å²) in [5.74, 6) is 0. The molecule has 1 aliphatic heterocycles. The van der Waals surface area contributed by atoms with Crippen LogP contribution in [-0.2, 0) is 0 Å². The van der Waals surface area contributed by atoms with Crippen molar-refractivity contribution in [3.63, 3.8) is 0 Å². The number of nitrogens with zero attached hydrogens (tertiary/aromatic N) is 1. The topological polar surface area (TPSA) is 3.24 Å². The van der Waals surface area contributed by atoms with Gasteiger partial charge in [-0.2, -0.15) is 0 Å². The Morgan fingerprint density at radius 2 is 2.00 bits per heavy atom. The summed E-state index contributed by atoms with van der Waals surface area (Å²) in [5, 5.41) is 4.03. The molecule has 0 saturated carbocycles. The molecule has 3 rings (SSSR count). The van der Waals surface area contributed by atoms with Gasteiger partial charge < -0.3 is 4.90 Å². The highest BCUT2D eigenvalue weighted by molar-refractivity contribution is 8.03. The molecule has 1 aliphatic rings. The number of allylic oxidation sites excluding steroid dienone is 1. The molecule has 0 spiro atoms. The van der Waals surface area contributed by atoms with E-state index in [1.165, 1.54) is 26.4 Å². The molecule has 0 aromatic heterocycles. The molecule has 0 unspecified atom stereocenters. The highest BCUT2D eigenvalue weighted by atomic mass is 32.2. The van der Waals surface area contributed by atoms with Gasteiger partial charge in [-0.3, -0.25) is 0 Å². The van der Waals surface area contributed by atoms with Gasteiger partial charge in [-0.1, -0.05) is 48.2 Å². The fourth-order valence-corrected chi connectivity index (χ4v) is 3.53. The van der Waals surface area contributed by atoms with Crippen LogP contribution >= 0.6 is 11.8 Å². The molecule has 0 amide bonds. The molecule has 0 fully saturated rings. The Hall–Kier alpha value is -1.41. The van der Waals surface area contributed by atoms with Crippen LogP contribution < -0.4 is 4.90 Å². The van der Waals surface area contributed by atoms with Crippen LogP contribution in [-0.4, -0.2) is 6.54 Å². The zero-order chi connectivity index (χ0) is 11.8. The maximum atomic E-state index is 2.41. The fourth-order valence-electron chi connectivity index (χ4n) is 2.40. The number of hydrogen-bond donors (Lipinski definition) is 0. The van der Waals surface area contributed by atoms with Gasteiger partial charge in [-0.05, 0) is 25.3 Å². The molecule has 86 valence electrons. The third-order valence-corrected chi connectivity index (χ3v) is 4.39. The molecule has 0 bridgehead atoms. The lowest BCUT2D eigenvalue weighted by Gasteiger charge is -2.19. The van der Waals surface area contributed by atoms with Crippen LogP contribution in [0.3, 0.4) is 0 Å². The summed E-state index contributed by atoms with van der Waals surface area (Å²) in [6.07, 6.45) is 2.20. The molecular weight excluding hydrogens is 226 g/mol. The molecule has 0 saturated heterocycles. The van der Waals surface area contributed by atoms with E-state index in [0.29, 0.717) is 0 Å². The lowest BCUT2D eigenvalue weighted by molar-refractivity contribution is 1.01. The van der Waals surface area contributed by atoms with Crippen LogP contribution in [0.1, 0.15) is 13.8 Å². The Kier molecular flexibility index (Phi) is 2.60. The smallest absolute Gasteiger partial charge is 0.0758 e. The summed E-state index contributed by atoms with van der Waals surface area (Å²) in [6.45, 7) is 5.34. The van der Waals surface area contributed by atoms with E-state index in [2.05, 4.69) is 61.2 Å². The predicted molar refractivity (Wildman–Crippen MR) is 76.6 cm³/mol. The highest BCUT2D eigenvalue weighted by Gasteiger charge is 2.24. The zero-order valence-corrected chi connectivity index (χ0v) is 10.9. The molecule has 0 aliphatic carbocycles. The quantitative estimate of drug-likeness (QED) is 0.716. The summed E-state index contributed by atoms with van der Waals surface area (Å²) < 4.78 is 0. The van der Waals surface area contributed by atoms with Gasteiger partial charge >= 0.3 is 0 Å². The minimum Gasteiger partial charge on any atom is -0.335 e. The van der Waals surface area contributed by atoms with E-state index in [-0.39, 0.29) is 0 Å². The molecule has 2 heteroatoms. The number of anilines is 1. The standard InChI is InChI=1S/C15H15NS/c1-3-14-16(4-2)15-12-8-6-5-7-11(12)9-10-13(15)17-14/h3,5-10H,4H2,1-2H3/b14-3+. The Bertz CT molecular complexity index is 601. The largest absolute Gasteiger partial charge is 0.335 e. The summed E-state index contributed by atoms with van der Waals surface area (Å²) in [5.41, 5.74) is 1.38. The van der Waals surface area contributed by atoms with Gasteiger partial charge in [0.25, 0.3) is 0 Å². The van der Waals surface area contributed by atoms with E-state index in [1.807, 2.05) is 11.8 Å². The SMILES string of the molecule is C/C=C1/Sc2ccc3ccccc3c2N1CC. The predicted octanol–water partition coefficient (Wildman–Crippen LogP) is 4.63. The third-order valence-electron chi connectivity index (χ3n) is 3.18. The first-order valence-electron chi connectivity index (χ1n) is 5.98. The number of thioether (sulfide) groups is 1. The first-order valence-corrected chi connectivity index (χ1v) is 6.80. The highest BCUT2D eigenvalue weighted by Crippen LogP contribution is 2.48. The minimum absolute atomic E-state index is 1.02. The van der Waals surface area contributed by atoms with Gasteiger partial charge in [0.2, 0.25) is 0 Å². The molecule has 17 heavy (non-hydrogen) atoms. The second-order valence-corrected chi connectivity index (χ2v) is 5.17. The maximum Gasteiger partial charge on any atom is 0.0758 e. The molecule has 0 atom stereocenters. The van der Waals surface area contributed by atoms with Crippen LogP contribution in [0.4, 0.5) is 5.69 Å². The maximum absolute atomic E-state index is 2.41. The van der Waals surface area contributed by atoms with Crippen molar-refractivity contribution in [1.29, 1.82) is 0 Å². The molecular formula is C15H15NS. The van der Waals surface area contributed by atoms with Gasteiger partial charge in [0.15, 0.2) is 0 Å². The van der Waals surface area contributed by atoms with Crippen molar-refractivity contribution in [3.8, 4) is 0 Å². The van der Waals surface area contributed by atoms with E-state index in [1.54, 1.807) is 0 Å². The van der Waals surface area contributed by atoms with Crippen molar-refractivity contribution < 1.29 is 0 Å². The first-order chi connectivity index (χ1) is 8.35. The zero-order valence-electron chi connectivity index (χ0n) is 10.1. The summed E-state index contributed by atoms with van der Waals surface area (Å²) >= 11 is 1.87. The minimum atomic E-state index is 1.02. The summed E-state index contributed by atoms with van der Waals surface area (Å²) in [6, 6.07) is 13.1. The van der Waals surface area contributed by atoms with Crippen molar-refractivity contribution >= 4 is 28.2 Å². The van der Waals surface area contributed by atoms with Crippen LogP contribution in [0.5, 0.6) is 0 Å². The van der Waals surface area contributed by atoms with Gasteiger partial charge in [0.05, 0.1) is 10.7 Å². The second kappa shape index (κ2) is 4.11. The number of rotatable bonds is 1. The van der Waals surface area contributed by atoms with Crippen molar-refractivity contribution in [2.45, 2.75) is 18.7 Å². The van der Waals surface area contributed by atoms with Crippen LogP contribution in [0.2, 0.25) is 0 Å². The Morgan fingerprint density at radius 1 is 1.18 bits per heavy atom. The molecule has 0 N–H and O–H groups in total. The molecule has 1 heterocycles. The Labute approximate surface area is 106 Å². The second-order valence-electron chi connectivity index (χ2n) is 4.11. The van der Waals surface area contributed by atoms with Crippen molar-refractivity contribution in [1.82, 2.24) is 0 Å². The van der Waals surface area contributed by atoms with E-state index in [0.717, 1.165) is 6.54 Å². The van der Waals surface area contributed by atoms with Crippen molar-refractivity contribution in [2.75, 3.05) is 11.4 Å². The normalized spacial score (nSPS) is 16.8. The lowest BCUT2D eigenvalue weighted by atomic mass is 10.1. The third kappa shape index (κ3) is 1.55. The van der Waals surface area contributed by atoms with Gasteiger partial charge in [0.1, 0.15) is 0 Å². The van der Waals surface area contributed by atoms with Crippen LogP contribution in [0.15, 0.2) is 52.4 Å². The van der Waals surface area contributed by atoms with Crippen LogP contribution in [0, 0.1) is 0 Å². The van der Waals surface area contributed by atoms with E-state index in [9.17, 15) is 0 Å². The van der Waals surface area contributed by atoms with Crippen LogP contribution in [0.25, 0.3) is 10.8 Å².